The molecule has 0 aromatic heterocycles. The molecule has 2 aliphatic rings. The molecule has 0 radical (unpaired) electrons. The highest BCUT2D eigenvalue weighted by atomic mass is 79.9. The van der Waals surface area contributed by atoms with Crippen molar-refractivity contribution in [3.8, 4) is 0 Å². The van der Waals surface area contributed by atoms with Crippen molar-refractivity contribution in [2.24, 2.45) is 0 Å². The van der Waals surface area contributed by atoms with Crippen LogP contribution in [0.2, 0.25) is 0 Å². The van der Waals surface area contributed by atoms with Crippen LogP contribution in [0.25, 0.3) is 0 Å². The van der Waals surface area contributed by atoms with Gasteiger partial charge >= 0.3 is 0 Å². The van der Waals surface area contributed by atoms with Crippen molar-refractivity contribution in [1.29, 1.82) is 0 Å². The molecule has 2 heterocycles. The van der Waals surface area contributed by atoms with E-state index in [1.165, 1.54) is 4.90 Å². The van der Waals surface area contributed by atoms with Crippen LogP contribution < -0.4 is 0 Å². The Balaban J connectivity index is 1.42. The number of hydrogen-bond acceptors (Lipinski definition) is 4. The Kier molecular flexibility index (Phi) is 7.34. The number of rotatable bonds is 8. The zero-order valence-electron chi connectivity index (χ0n) is 20.7. The number of halogens is 1. The number of carbonyl (C=O) groups is 2. The van der Waals surface area contributed by atoms with Crippen LogP contribution in [0.1, 0.15) is 69.6 Å². The van der Waals surface area contributed by atoms with Crippen molar-refractivity contribution in [3.63, 3.8) is 0 Å². The van der Waals surface area contributed by atoms with E-state index in [0.717, 1.165) is 40.4 Å². The fourth-order valence-corrected chi connectivity index (χ4v) is 7.28. The molecule has 0 bridgehead atoms. The minimum atomic E-state index is -3.78. The number of fused-ring (bicyclic) bond motifs is 2. The van der Waals surface area contributed by atoms with E-state index in [-0.39, 0.29) is 23.3 Å². The summed E-state index contributed by atoms with van der Waals surface area (Å²) in [6.07, 6.45) is 4.00. The Hall–Kier alpha value is -2.81. The number of benzene rings is 3. The number of imide groups is 1. The van der Waals surface area contributed by atoms with Crippen LogP contribution in [0, 0.1) is 0 Å². The van der Waals surface area contributed by atoms with E-state index in [1.54, 1.807) is 34.6 Å². The maximum absolute atomic E-state index is 13.8. The number of aryl methyl sites for hydroxylation is 1. The second-order valence-electron chi connectivity index (χ2n) is 9.57. The molecule has 1 atom stereocenters. The highest BCUT2D eigenvalue weighted by Gasteiger charge is 2.39. The summed E-state index contributed by atoms with van der Waals surface area (Å²) in [5.74, 6) is -0.684. The molecule has 3 aromatic carbocycles. The van der Waals surface area contributed by atoms with Crippen molar-refractivity contribution < 1.29 is 18.0 Å². The molecule has 37 heavy (non-hydrogen) atoms. The zero-order chi connectivity index (χ0) is 26.2. The topological polar surface area (TPSA) is 74.8 Å². The second kappa shape index (κ2) is 10.5. The Morgan fingerprint density at radius 1 is 0.946 bits per heavy atom. The molecule has 0 fully saturated rings. The van der Waals surface area contributed by atoms with Gasteiger partial charge in [0.05, 0.1) is 22.1 Å². The van der Waals surface area contributed by atoms with Crippen molar-refractivity contribution in [3.05, 3.63) is 99.0 Å². The summed E-state index contributed by atoms with van der Waals surface area (Å²) in [4.78, 5) is 27.5. The summed E-state index contributed by atoms with van der Waals surface area (Å²) in [6.45, 7) is 2.61. The summed E-state index contributed by atoms with van der Waals surface area (Å²) in [6, 6.07) is 19.6. The molecule has 8 heteroatoms. The van der Waals surface area contributed by atoms with Gasteiger partial charge in [-0.1, -0.05) is 65.7 Å². The van der Waals surface area contributed by atoms with Gasteiger partial charge in [-0.2, -0.15) is 4.31 Å². The Morgan fingerprint density at radius 2 is 1.68 bits per heavy atom. The minimum absolute atomic E-state index is 0.130. The number of sulfonamides is 1. The first-order chi connectivity index (χ1) is 17.8. The summed E-state index contributed by atoms with van der Waals surface area (Å²) >= 11 is 3.36. The molecule has 0 aliphatic carbocycles. The molecule has 2 amide bonds. The fraction of sp³-hybridized carbons (Fsp3) is 0.310. The highest BCUT2D eigenvalue weighted by Crippen LogP contribution is 2.37. The molecule has 2 aliphatic heterocycles. The van der Waals surface area contributed by atoms with Gasteiger partial charge < -0.3 is 0 Å². The summed E-state index contributed by atoms with van der Waals surface area (Å²) in [7, 11) is -3.78. The average molecular weight is 582 g/mol. The third-order valence-electron chi connectivity index (χ3n) is 7.27. The summed E-state index contributed by atoms with van der Waals surface area (Å²) in [5.41, 5.74) is 3.90. The Labute approximate surface area is 226 Å². The molecule has 192 valence electrons. The van der Waals surface area contributed by atoms with Crippen LogP contribution in [0.3, 0.4) is 0 Å². The SMILES string of the molecule is CCCCc1ccc(S(=O)(=O)N2CCc3ccccc3C2CCN2C(=O)c3ccc(Br)cc3C2=O)cc1. The minimum Gasteiger partial charge on any atom is -0.274 e. The van der Waals surface area contributed by atoms with Gasteiger partial charge in [0.25, 0.3) is 11.8 Å². The zero-order valence-corrected chi connectivity index (χ0v) is 23.1. The van der Waals surface area contributed by atoms with E-state index in [1.807, 2.05) is 36.4 Å². The second-order valence-corrected chi connectivity index (χ2v) is 12.4. The largest absolute Gasteiger partial charge is 0.274 e. The Bertz CT molecular complexity index is 1450. The van der Waals surface area contributed by atoms with Crippen molar-refractivity contribution in [1.82, 2.24) is 9.21 Å². The molecular weight excluding hydrogens is 552 g/mol. The predicted octanol–water partition coefficient (Wildman–Crippen LogP) is 5.77. The monoisotopic (exact) mass is 580 g/mol. The molecule has 0 spiro atoms. The lowest BCUT2D eigenvalue weighted by atomic mass is 9.92. The van der Waals surface area contributed by atoms with Gasteiger partial charge in [-0.25, -0.2) is 8.42 Å². The summed E-state index contributed by atoms with van der Waals surface area (Å²) < 4.78 is 30.0. The van der Waals surface area contributed by atoms with Gasteiger partial charge in [-0.15, -0.1) is 0 Å². The first-order valence-electron chi connectivity index (χ1n) is 12.7. The van der Waals surface area contributed by atoms with Gasteiger partial charge in [0, 0.05) is 17.6 Å². The van der Waals surface area contributed by atoms with E-state index >= 15 is 0 Å². The number of unbranched alkanes of at least 4 members (excludes halogenated alkanes) is 1. The standard InChI is InChI=1S/C29H29BrN2O4S/c1-2-3-6-20-9-12-23(13-10-20)37(35,36)32-18-15-21-7-4-5-8-24(21)27(32)16-17-31-28(33)25-14-11-22(30)19-26(25)29(31)34/h4-5,7-14,19,27H,2-3,6,15-18H2,1H3. The van der Waals surface area contributed by atoms with Crippen LogP contribution in [-0.4, -0.2) is 42.5 Å². The highest BCUT2D eigenvalue weighted by molar-refractivity contribution is 9.10. The number of carbonyl (C=O) groups excluding carboxylic acids is 2. The first-order valence-corrected chi connectivity index (χ1v) is 14.9. The van der Waals surface area contributed by atoms with Crippen molar-refractivity contribution in [2.45, 2.75) is 50.0 Å². The molecule has 0 saturated carbocycles. The van der Waals surface area contributed by atoms with Crippen molar-refractivity contribution in [2.75, 3.05) is 13.1 Å². The lowest BCUT2D eigenvalue weighted by molar-refractivity contribution is 0.0642. The molecule has 0 saturated heterocycles. The van der Waals surface area contributed by atoms with E-state index in [4.69, 9.17) is 0 Å². The third-order valence-corrected chi connectivity index (χ3v) is 9.69. The normalized spacial score (nSPS) is 17.7. The summed E-state index contributed by atoms with van der Waals surface area (Å²) in [5, 5.41) is 0. The average Bonchev–Trinajstić information content (AvgIpc) is 3.14. The van der Waals surface area contributed by atoms with E-state index in [9.17, 15) is 18.0 Å². The fourth-order valence-electron chi connectivity index (χ4n) is 5.28. The quantitative estimate of drug-likeness (QED) is 0.317. The van der Waals surface area contributed by atoms with E-state index < -0.39 is 16.1 Å². The van der Waals surface area contributed by atoms with Crippen LogP contribution in [-0.2, 0) is 22.9 Å². The maximum atomic E-state index is 13.8. The Morgan fingerprint density at radius 3 is 2.43 bits per heavy atom. The molecule has 1 unspecified atom stereocenters. The first kappa shape index (κ1) is 25.8. The molecule has 3 aromatic rings. The van der Waals surface area contributed by atoms with Gasteiger partial charge in [0.2, 0.25) is 10.0 Å². The third kappa shape index (κ3) is 4.90. The number of hydrogen-bond donors (Lipinski definition) is 0. The maximum Gasteiger partial charge on any atom is 0.261 e. The molecule has 0 N–H and O–H groups in total. The molecule has 6 nitrogen and oxygen atoms in total. The van der Waals surface area contributed by atoms with Crippen LogP contribution in [0.4, 0.5) is 0 Å². The van der Waals surface area contributed by atoms with Crippen molar-refractivity contribution >= 4 is 37.8 Å². The van der Waals surface area contributed by atoms with Gasteiger partial charge in [0.15, 0.2) is 0 Å². The molecule has 5 rings (SSSR count). The van der Waals surface area contributed by atoms with Crippen LogP contribution in [0.15, 0.2) is 76.1 Å². The lowest BCUT2D eigenvalue weighted by Gasteiger charge is -2.37. The molecular formula is C29H29BrN2O4S. The van der Waals surface area contributed by atoms with Gasteiger partial charge in [0.1, 0.15) is 0 Å². The predicted molar refractivity (Wildman–Crippen MR) is 146 cm³/mol. The van der Waals surface area contributed by atoms with Crippen LogP contribution in [0.5, 0.6) is 0 Å². The van der Waals surface area contributed by atoms with Gasteiger partial charge in [-0.3, -0.25) is 14.5 Å². The van der Waals surface area contributed by atoms with Gasteiger partial charge in [-0.05, 0) is 72.7 Å². The van der Waals surface area contributed by atoms with E-state index in [2.05, 4.69) is 22.9 Å². The number of nitrogens with zero attached hydrogens (tertiary/aromatic N) is 2. The van der Waals surface area contributed by atoms with Crippen LogP contribution >= 0.6 is 15.9 Å². The lowest BCUT2D eigenvalue weighted by Crippen LogP contribution is -2.42. The number of amides is 2. The smallest absolute Gasteiger partial charge is 0.261 e. The van der Waals surface area contributed by atoms with E-state index in [0.29, 0.717) is 30.5 Å².